The van der Waals surface area contributed by atoms with Gasteiger partial charge >= 0.3 is 29.6 Å². The fourth-order valence-electron chi connectivity index (χ4n) is 3.76. The van der Waals surface area contributed by atoms with E-state index < -0.39 is 17.9 Å². The topological polar surface area (TPSA) is 89.5 Å². The van der Waals surface area contributed by atoms with Crippen LogP contribution in [0.25, 0.3) is 5.57 Å². The van der Waals surface area contributed by atoms with Crippen molar-refractivity contribution in [3.8, 4) is 0 Å². The molecule has 1 N–H and O–H groups in total. The van der Waals surface area contributed by atoms with Crippen molar-refractivity contribution in [1.29, 1.82) is 0 Å². The van der Waals surface area contributed by atoms with Gasteiger partial charge in [0.2, 0.25) is 5.91 Å². The number of carbonyl (C=O) groups is 3. The molecule has 1 unspecified atom stereocenters. The summed E-state index contributed by atoms with van der Waals surface area (Å²) in [5.41, 5.74) is 2.07. The number of hydrogen-bond donors (Lipinski definition) is 1. The SMILES string of the molecule is O=C(Cc1ccccc1)NC1C(=O)N2C(C(=O)[O-])=C(c3ccccc3)C[C@H]12.[Na+]. The van der Waals surface area contributed by atoms with Crippen LogP contribution in [0.1, 0.15) is 17.5 Å². The van der Waals surface area contributed by atoms with Gasteiger partial charge < -0.3 is 20.1 Å². The van der Waals surface area contributed by atoms with Gasteiger partial charge in [-0.15, -0.1) is 0 Å². The Morgan fingerprint density at radius 1 is 1.04 bits per heavy atom. The van der Waals surface area contributed by atoms with E-state index in [1.54, 1.807) is 12.1 Å². The van der Waals surface area contributed by atoms with Crippen molar-refractivity contribution in [3.63, 3.8) is 0 Å². The molecule has 2 amide bonds. The first-order valence-corrected chi connectivity index (χ1v) is 8.72. The Hall–Kier alpha value is -2.41. The summed E-state index contributed by atoms with van der Waals surface area (Å²) >= 11 is 0. The van der Waals surface area contributed by atoms with E-state index in [1.807, 2.05) is 48.5 Å². The molecule has 0 aromatic heterocycles. The third-order valence-electron chi connectivity index (χ3n) is 5.00. The van der Waals surface area contributed by atoms with Crippen LogP contribution in [-0.4, -0.2) is 34.8 Å². The molecule has 6 nitrogen and oxygen atoms in total. The largest absolute Gasteiger partial charge is 1.00 e. The minimum absolute atomic E-state index is 0. The number of carbonyl (C=O) groups excluding carboxylic acids is 3. The molecule has 0 radical (unpaired) electrons. The first kappa shape index (κ1) is 20.3. The van der Waals surface area contributed by atoms with Gasteiger partial charge in [-0.25, -0.2) is 0 Å². The van der Waals surface area contributed by atoms with Gasteiger partial charge in [0.15, 0.2) is 0 Å². The molecule has 136 valence electrons. The van der Waals surface area contributed by atoms with E-state index in [0.29, 0.717) is 12.0 Å². The van der Waals surface area contributed by atoms with Crippen LogP contribution in [0.3, 0.4) is 0 Å². The standard InChI is InChI=1S/C21H18N2O4.Na/c24-17(11-13-7-3-1-4-8-13)22-18-16-12-15(14-9-5-2-6-10-14)19(21(26)27)23(16)20(18)25;/h1-10,16,18H,11-12H2,(H,22,24)(H,26,27);/q;+1/p-1/t16-,18?;/m1./s1. The number of carboxylic acid groups (broad SMARTS) is 1. The van der Waals surface area contributed by atoms with Crippen molar-refractivity contribution in [2.45, 2.75) is 24.9 Å². The predicted octanol–water partition coefficient (Wildman–Crippen LogP) is -2.51. The van der Waals surface area contributed by atoms with Gasteiger partial charge in [-0.1, -0.05) is 60.7 Å². The van der Waals surface area contributed by atoms with Crippen LogP contribution in [0, 0.1) is 0 Å². The molecule has 2 atom stereocenters. The molecule has 1 saturated heterocycles. The normalized spacial score (nSPS) is 20.1. The summed E-state index contributed by atoms with van der Waals surface area (Å²) in [5, 5.41) is 14.4. The van der Waals surface area contributed by atoms with E-state index >= 15 is 0 Å². The summed E-state index contributed by atoms with van der Waals surface area (Å²) < 4.78 is 0. The predicted molar refractivity (Wildman–Crippen MR) is 95.7 cm³/mol. The number of aliphatic carboxylic acids is 1. The fourth-order valence-corrected chi connectivity index (χ4v) is 3.76. The Labute approximate surface area is 184 Å². The molecule has 7 heteroatoms. The smallest absolute Gasteiger partial charge is 0.543 e. The van der Waals surface area contributed by atoms with E-state index in [9.17, 15) is 19.5 Å². The molecule has 2 aliphatic heterocycles. The van der Waals surface area contributed by atoms with Crippen LogP contribution in [-0.2, 0) is 20.8 Å². The number of carboxylic acids is 1. The third kappa shape index (κ3) is 3.63. The molecule has 1 fully saturated rings. The quantitative estimate of drug-likeness (QED) is 0.456. The number of fused-ring (bicyclic) bond motifs is 1. The van der Waals surface area contributed by atoms with Crippen molar-refractivity contribution in [1.82, 2.24) is 10.2 Å². The number of benzene rings is 2. The maximum Gasteiger partial charge on any atom is 1.00 e. The van der Waals surface area contributed by atoms with E-state index in [-0.39, 0.29) is 53.6 Å². The van der Waals surface area contributed by atoms with Crippen LogP contribution in [0.15, 0.2) is 66.4 Å². The molecule has 0 aliphatic carbocycles. The number of amides is 2. The fraction of sp³-hybridized carbons (Fsp3) is 0.190. The molecular formula is C21H17N2NaO4. The Morgan fingerprint density at radius 2 is 1.64 bits per heavy atom. The van der Waals surface area contributed by atoms with Crippen LogP contribution in [0.2, 0.25) is 0 Å². The minimum atomic E-state index is -1.38. The second kappa shape index (κ2) is 8.31. The van der Waals surface area contributed by atoms with Crippen LogP contribution >= 0.6 is 0 Å². The second-order valence-electron chi connectivity index (χ2n) is 6.67. The Balaban J connectivity index is 0.00000225. The molecule has 0 spiro atoms. The average Bonchev–Trinajstić information content (AvgIpc) is 3.04. The molecule has 2 aromatic rings. The van der Waals surface area contributed by atoms with Crippen molar-refractivity contribution in [2.75, 3.05) is 0 Å². The maximum absolute atomic E-state index is 12.5. The van der Waals surface area contributed by atoms with Crippen molar-refractivity contribution in [3.05, 3.63) is 77.5 Å². The molecule has 0 saturated carbocycles. The number of hydrogen-bond acceptors (Lipinski definition) is 4. The van der Waals surface area contributed by atoms with E-state index in [4.69, 9.17) is 0 Å². The average molecular weight is 384 g/mol. The summed E-state index contributed by atoms with van der Waals surface area (Å²) in [6, 6.07) is 17.2. The monoisotopic (exact) mass is 384 g/mol. The summed E-state index contributed by atoms with van der Waals surface area (Å²) in [6.07, 6.45) is 0.541. The molecule has 2 aliphatic rings. The zero-order chi connectivity index (χ0) is 19.0. The molecular weight excluding hydrogens is 367 g/mol. The number of nitrogens with one attached hydrogen (secondary N) is 1. The van der Waals surface area contributed by atoms with Crippen molar-refractivity contribution >= 4 is 23.4 Å². The number of nitrogens with zero attached hydrogens (tertiary/aromatic N) is 1. The number of rotatable bonds is 5. The van der Waals surface area contributed by atoms with E-state index in [2.05, 4.69) is 5.32 Å². The Morgan fingerprint density at radius 3 is 2.25 bits per heavy atom. The minimum Gasteiger partial charge on any atom is -0.543 e. The van der Waals surface area contributed by atoms with Crippen LogP contribution in [0.4, 0.5) is 0 Å². The summed E-state index contributed by atoms with van der Waals surface area (Å²) in [4.78, 5) is 37.7. The summed E-state index contributed by atoms with van der Waals surface area (Å²) in [6.45, 7) is 0. The maximum atomic E-state index is 12.5. The van der Waals surface area contributed by atoms with Crippen LogP contribution < -0.4 is 40.0 Å². The zero-order valence-electron chi connectivity index (χ0n) is 15.4. The van der Waals surface area contributed by atoms with Gasteiger partial charge in [-0.2, -0.15) is 0 Å². The van der Waals surface area contributed by atoms with Gasteiger partial charge in [0.25, 0.3) is 5.91 Å². The van der Waals surface area contributed by atoms with Crippen molar-refractivity contribution < 1.29 is 49.0 Å². The van der Waals surface area contributed by atoms with Crippen molar-refractivity contribution in [2.24, 2.45) is 0 Å². The first-order valence-electron chi connectivity index (χ1n) is 8.72. The summed E-state index contributed by atoms with van der Waals surface area (Å²) in [5.74, 6) is -2.05. The van der Waals surface area contributed by atoms with E-state index in [1.165, 1.54) is 4.90 Å². The molecule has 2 heterocycles. The molecule has 0 bridgehead atoms. The van der Waals surface area contributed by atoms with Gasteiger partial charge in [-0.3, -0.25) is 9.59 Å². The van der Waals surface area contributed by atoms with Gasteiger partial charge in [0.1, 0.15) is 6.04 Å². The second-order valence-corrected chi connectivity index (χ2v) is 6.67. The number of β-lactam (4-membered cyclic amide) rings is 1. The van der Waals surface area contributed by atoms with Gasteiger partial charge in [-0.05, 0) is 23.1 Å². The van der Waals surface area contributed by atoms with Crippen LogP contribution in [0.5, 0.6) is 0 Å². The first-order chi connectivity index (χ1) is 13.1. The third-order valence-corrected chi connectivity index (χ3v) is 5.00. The van der Waals surface area contributed by atoms with E-state index in [0.717, 1.165) is 11.1 Å². The van der Waals surface area contributed by atoms with Gasteiger partial charge in [0.05, 0.1) is 24.1 Å². The summed E-state index contributed by atoms with van der Waals surface area (Å²) in [7, 11) is 0. The molecule has 28 heavy (non-hydrogen) atoms. The zero-order valence-corrected chi connectivity index (χ0v) is 17.4. The molecule has 4 rings (SSSR count). The Bertz CT molecular complexity index is 943. The molecule has 2 aromatic carbocycles. The van der Waals surface area contributed by atoms with Gasteiger partial charge in [0, 0.05) is 0 Å². The Kier molecular flexibility index (Phi) is 6.03.